The van der Waals surface area contributed by atoms with Crippen molar-refractivity contribution >= 4 is 27.6 Å². The van der Waals surface area contributed by atoms with E-state index in [0.717, 1.165) is 21.9 Å². The van der Waals surface area contributed by atoms with Crippen LogP contribution >= 0.6 is 0 Å². The number of fused-ring (bicyclic) bond motifs is 2. The number of rotatable bonds is 3. The van der Waals surface area contributed by atoms with E-state index in [1.165, 1.54) is 10.9 Å². The highest BCUT2D eigenvalue weighted by molar-refractivity contribution is 6.07. The number of aromatic nitrogens is 1. The number of nitrogens with zero attached hydrogens (tertiary/aromatic N) is 1. The fourth-order valence-electron chi connectivity index (χ4n) is 4.47. The summed E-state index contributed by atoms with van der Waals surface area (Å²) in [5.74, 6) is -0.0244. The van der Waals surface area contributed by atoms with E-state index in [2.05, 4.69) is 35.3 Å². The number of hydrogen-bond donors (Lipinski definition) is 2. The summed E-state index contributed by atoms with van der Waals surface area (Å²) in [5.41, 5.74) is 4.09. The number of ether oxygens (including phenoxy) is 1. The highest BCUT2D eigenvalue weighted by Gasteiger charge is 2.28. The molecule has 0 saturated carbocycles. The molecule has 2 atom stereocenters. The minimum Gasteiger partial charge on any atom is -0.394 e. The third-order valence-corrected chi connectivity index (χ3v) is 5.83. The topological polar surface area (TPSA) is 65.6 Å². The predicted molar refractivity (Wildman–Crippen MR) is 119 cm³/mol. The molecule has 0 unspecified atom stereocenters. The second kappa shape index (κ2) is 7.59. The van der Waals surface area contributed by atoms with Crippen LogP contribution in [0.3, 0.4) is 0 Å². The van der Waals surface area contributed by atoms with E-state index in [1.54, 1.807) is 4.90 Å². The van der Waals surface area contributed by atoms with Crippen molar-refractivity contribution in [1.29, 1.82) is 0 Å². The van der Waals surface area contributed by atoms with Crippen molar-refractivity contribution in [2.45, 2.75) is 19.1 Å². The molecule has 0 bridgehead atoms. The maximum absolute atomic E-state index is 13.1. The standard InChI is InChI=1S/C25H24N2O3/c1-16-13-27(14-19(15-28)30-16)25(29)18-8-9-20-17(12-18)4-2-5-21(20)22-6-3-7-24-23(22)10-11-26-24/h2-12,16,19,26,28H,13-15H2,1H3/t16-,19+/m1/s1. The molecule has 4 aromatic rings. The van der Waals surface area contributed by atoms with Crippen LogP contribution in [0.4, 0.5) is 0 Å². The van der Waals surface area contributed by atoms with Gasteiger partial charge in [-0.3, -0.25) is 4.79 Å². The zero-order valence-electron chi connectivity index (χ0n) is 16.8. The lowest BCUT2D eigenvalue weighted by molar-refractivity contribution is -0.0858. The first-order valence-corrected chi connectivity index (χ1v) is 10.3. The van der Waals surface area contributed by atoms with Crippen molar-refractivity contribution in [3.63, 3.8) is 0 Å². The molecule has 0 radical (unpaired) electrons. The number of benzene rings is 3. The number of aliphatic hydroxyl groups is 1. The highest BCUT2D eigenvalue weighted by atomic mass is 16.5. The van der Waals surface area contributed by atoms with Crippen LogP contribution in [0.25, 0.3) is 32.8 Å². The van der Waals surface area contributed by atoms with Gasteiger partial charge in [-0.2, -0.15) is 0 Å². The maximum Gasteiger partial charge on any atom is 0.254 e. The number of morpholine rings is 1. The minimum absolute atomic E-state index is 0.0244. The maximum atomic E-state index is 13.1. The van der Waals surface area contributed by atoms with Gasteiger partial charge in [-0.1, -0.05) is 36.4 Å². The van der Waals surface area contributed by atoms with Gasteiger partial charge in [0.05, 0.1) is 18.8 Å². The van der Waals surface area contributed by atoms with Crippen molar-refractivity contribution in [3.05, 3.63) is 72.4 Å². The monoisotopic (exact) mass is 400 g/mol. The van der Waals surface area contributed by atoms with Crippen molar-refractivity contribution in [2.24, 2.45) is 0 Å². The van der Waals surface area contributed by atoms with E-state index in [-0.39, 0.29) is 24.7 Å². The first-order chi connectivity index (χ1) is 14.6. The van der Waals surface area contributed by atoms with E-state index < -0.39 is 0 Å². The van der Waals surface area contributed by atoms with Gasteiger partial charge in [0.15, 0.2) is 0 Å². The molecule has 1 aromatic heterocycles. The van der Waals surface area contributed by atoms with Crippen LogP contribution < -0.4 is 0 Å². The molecular formula is C25H24N2O3. The molecule has 2 N–H and O–H groups in total. The lowest BCUT2D eigenvalue weighted by Gasteiger charge is -2.36. The second-order valence-electron chi connectivity index (χ2n) is 7.95. The van der Waals surface area contributed by atoms with Gasteiger partial charge in [0.25, 0.3) is 5.91 Å². The molecule has 5 heteroatoms. The summed E-state index contributed by atoms with van der Waals surface area (Å²) >= 11 is 0. The van der Waals surface area contributed by atoms with Crippen molar-refractivity contribution in [2.75, 3.05) is 19.7 Å². The summed E-state index contributed by atoms with van der Waals surface area (Å²) < 4.78 is 5.67. The lowest BCUT2D eigenvalue weighted by atomic mass is 9.95. The Morgan fingerprint density at radius 3 is 2.70 bits per heavy atom. The summed E-state index contributed by atoms with van der Waals surface area (Å²) in [6.07, 6.45) is 1.54. The van der Waals surface area contributed by atoms with E-state index in [4.69, 9.17) is 4.74 Å². The molecule has 3 aromatic carbocycles. The van der Waals surface area contributed by atoms with Crippen molar-refractivity contribution in [1.82, 2.24) is 9.88 Å². The van der Waals surface area contributed by atoms with Crippen molar-refractivity contribution in [3.8, 4) is 11.1 Å². The summed E-state index contributed by atoms with van der Waals surface area (Å²) in [5, 5.41) is 12.8. The number of carbonyl (C=O) groups excluding carboxylic acids is 1. The number of hydrogen-bond acceptors (Lipinski definition) is 3. The smallest absolute Gasteiger partial charge is 0.254 e. The van der Waals surface area contributed by atoms with Crippen LogP contribution in [0, 0.1) is 0 Å². The van der Waals surface area contributed by atoms with Crippen LogP contribution in [0.15, 0.2) is 66.9 Å². The van der Waals surface area contributed by atoms with Crippen LogP contribution in [0.5, 0.6) is 0 Å². The van der Waals surface area contributed by atoms with Crippen molar-refractivity contribution < 1.29 is 14.6 Å². The first kappa shape index (κ1) is 18.9. The lowest BCUT2D eigenvalue weighted by Crippen LogP contribution is -2.50. The van der Waals surface area contributed by atoms with Gasteiger partial charge in [-0.25, -0.2) is 0 Å². The Kier molecular flexibility index (Phi) is 4.77. The normalized spacial score (nSPS) is 19.5. The second-order valence-corrected chi connectivity index (χ2v) is 7.95. The number of carbonyl (C=O) groups is 1. The number of amides is 1. The van der Waals surface area contributed by atoms with Gasteiger partial charge >= 0.3 is 0 Å². The zero-order chi connectivity index (χ0) is 20.7. The van der Waals surface area contributed by atoms with Crippen LogP contribution in [0.1, 0.15) is 17.3 Å². The minimum atomic E-state index is -0.327. The number of H-pyrrole nitrogens is 1. The van der Waals surface area contributed by atoms with Gasteiger partial charge < -0.3 is 19.7 Å². The van der Waals surface area contributed by atoms with E-state index >= 15 is 0 Å². The third-order valence-electron chi connectivity index (χ3n) is 5.83. The molecule has 1 fully saturated rings. The quantitative estimate of drug-likeness (QED) is 0.541. The SMILES string of the molecule is C[C@@H]1CN(C(=O)c2ccc3c(-c4cccc5[nH]ccc45)cccc3c2)C[C@@H](CO)O1. The zero-order valence-corrected chi connectivity index (χ0v) is 16.8. The largest absolute Gasteiger partial charge is 0.394 e. The van der Waals surface area contributed by atoms with Gasteiger partial charge in [0, 0.05) is 35.8 Å². The fourth-order valence-corrected chi connectivity index (χ4v) is 4.47. The molecular weight excluding hydrogens is 376 g/mol. The van der Waals surface area contributed by atoms with Gasteiger partial charge in [0.2, 0.25) is 0 Å². The average molecular weight is 400 g/mol. The summed E-state index contributed by atoms with van der Waals surface area (Å²) in [6.45, 7) is 2.78. The first-order valence-electron chi connectivity index (χ1n) is 10.3. The van der Waals surface area contributed by atoms with Crippen LogP contribution in [-0.4, -0.2) is 52.8 Å². The Hall–Kier alpha value is -3.15. The molecule has 1 aliphatic heterocycles. The van der Waals surface area contributed by atoms with E-state index in [0.29, 0.717) is 18.7 Å². The van der Waals surface area contributed by atoms with E-state index in [9.17, 15) is 9.90 Å². The summed E-state index contributed by atoms with van der Waals surface area (Å²) in [4.78, 5) is 18.2. The van der Waals surface area contributed by atoms with Crippen LogP contribution in [-0.2, 0) is 4.74 Å². The Morgan fingerprint density at radius 1 is 1.07 bits per heavy atom. The van der Waals surface area contributed by atoms with Gasteiger partial charge in [-0.15, -0.1) is 0 Å². The molecule has 0 aliphatic carbocycles. The predicted octanol–water partition coefficient (Wildman–Crippen LogP) is 4.21. The molecule has 0 spiro atoms. The van der Waals surface area contributed by atoms with Gasteiger partial charge in [0.1, 0.15) is 0 Å². The Labute approximate surface area is 174 Å². The average Bonchev–Trinajstić information content (AvgIpc) is 3.26. The molecule has 2 heterocycles. The molecule has 152 valence electrons. The fraction of sp³-hybridized carbons (Fsp3) is 0.240. The molecule has 1 aliphatic rings. The molecule has 1 amide bonds. The summed E-state index contributed by atoms with van der Waals surface area (Å²) in [6, 6.07) is 20.5. The van der Waals surface area contributed by atoms with Crippen LogP contribution in [0.2, 0.25) is 0 Å². The number of nitrogens with one attached hydrogen (secondary N) is 1. The highest BCUT2D eigenvalue weighted by Crippen LogP contribution is 2.34. The molecule has 30 heavy (non-hydrogen) atoms. The molecule has 1 saturated heterocycles. The Balaban J connectivity index is 1.53. The summed E-state index contributed by atoms with van der Waals surface area (Å²) in [7, 11) is 0. The Morgan fingerprint density at radius 2 is 1.87 bits per heavy atom. The Bertz CT molecular complexity index is 1230. The number of aliphatic hydroxyl groups excluding tert-OH is 1. The third kappa shape index (κ3) is 3.26. The molecule has 5 rings (SSSR count). The van der Waals surface area contributed by atoms with Gasteiger partial charge in [-0.05, 0) is 53.1 Å². The van der Waals surface area contributed by atoms with E-state index in [1.807, 2.05) is 43.5 Å². The molecule has 5 nitrogen and oxygen atoms in total. The number of aromatic amines is 1.